The Morgan fingerprint density at radius 2 is 1.90 bits per heavy atom. The van der Waals surface area contributed by atoms with Gasteiger partial charge in [0.05, 0.1) is 17.8 Å². The minimum absolute atomic E-state index is 0.405. The van der Waals surface area contributed by atoms with Gasteiger partial charge in [-0.25, -0.2) is 0 Å². The fourth-order valence-corrected chi connectivity index (χ4v) is 6.49. The number of hydrogen-bond donors (Lipinski definition) is 3. The molecule has 3 heteroatoms. The van der Waals surface area contributed by atoms with Crippen molar-refractivity contribution < 1.29 is 15.3 Å². The van der Waals surface area contributed by atoms with E-state index in [4.69, 9.17) is 0 Å². The molecule has 0 heterocycles. The molecule has 0 radical (unpaired) electrons. The number of aliphatic hydroxyl groups excluding tert-OH is 2. The predicted octanol–water partition coefficient (Wildman–Crippen LogP) is 5.56. The van der Waals surface area contributed by atoms with E-state index in [1.807, 2.05) is 13.8 Å². The minimum Gasteiger partial charge on any atom is -0.393 e. The first-order valence-corrected chi connectivity index (χ1v) is 12.2. The summed E-state index contributed by atoms with van der Waals surface area (Å²) in [7, 11) is 0. The number of aliphatic hydroxyl groups is 3. The van der Waals surface area contributed by atoms with Gasteiger partial charge in [-0.3, -0.25) is 0 Å². The molecule has 0 aromatic carbocycles. The van der Waals surface area contributed by atoms with Crippen LogP contribution < -0.4 is 0 Å². The van der Waals surface area contributed by atoms with Crippen molar-refractivity contribution in [3.05, 3.63) is 35.5 Å². The van der Waals surface area contributed by atoms with Crippen LogP contribution in [0.3, 0.4) is 0 Å². The minimum atomic E-state index is -0.613. The molecular formula is C27H44O3. The van der Waals surface area contributed by atoms with Crippen LogP contribution in [0.5, 0.6) is 0 Å². The molecule has 30 heavy (non-hydrogen) atoms. The molecule has 0 bridgehead atoms. The number of fused-ring (bicyclic) bond motifs is 1. The summed E-state index contributed by atoms with van der Waals surface area (Å²) in [5, 5.41) is 30.2. The largest absolute Gasteiger partial charge is 0.393 e. The quantitative estimate of drug-likeness (QED) is 0.531. The zero-order valence-corrected chi connectivity index (χ0v) is 19.6. The highest BCUT2D eigenvalue weighted by Gasteiger charge is 2.44. The van der Waals surface area contributed by atoms with Crippen molar-refractivity contribution in [2.24, 2.45) is 29.6 Å². The second-order valence-corrected chi connectivity index (χ2v) is 11.2. The molecule has 3 rings (SSSR count). The normalized spacial score (nSPS) is 38.8. The van der Waals surface area contributed by atoms with Crippen molar-refractivity contribution >= 4 is 0 Å². The average molecular weight is 417 g/mol. The molecule has 0 aromatic rings. The zero-order chi connectivity index (χ0) is 22.1. The van der Waals surface area contributed by atoms with Crippen molar-refractivity contribution in [1.29, 1.82) is 0 Å². The standard InChI is InChI=1S/C27H44O3/c1-17(7-6-14-27(4,5)30)23-12-13-24-20(9-8-18(2)26(23)24)10-11-21-15-22(28)16-25(29)19(21)3/h10-11,17-18,22-26,28-30H,3,6-9,12-16H2,1-2,4-5H3/b20-10+,21-11-/t17-,18-,22-,23-,24-,25+,26-/m1/s1. The van der Waals surface area contributed by atoms with E-state index >= 15 is 0 Å². The second kappa shape index (κ2) is 9.71. The van der Waals surface area contributed by atoms with Crippen LogP contribution in [0.25, 0.3) is 0 Å². The van der Waals surface area contributed by atoms with Crippen molar-refractivity contribution in [2.45, 2.75) is 103 Å². The lowest BCUT2D eigenvalue weighted by atomic mass is 9.66. The van der Waals surface area contributed by atoms with Gasteiger partial charge in [-0.2, -0.15) is 0 Å². The van der Waals surface area contributed by atoms with Crippen molar-refractivity contribution in [3.8, 4) is 0 Å². The van der Waals surface area contributed by atoms with E-state index in [0.717, 1.165) is 41.7 Å². The van der Waals surface area contributed by atoms with E-state index in [-0.39, 0.29) is 0 Å². The van der Waals surface area contributed by atoms with E-state index < -0.39 is 17.8 Å². The lowest BCUT2D eigenvalue weighted by Gasteiger charge is -2.39. The first-order chi connectivity index (χ1) is 14.1. The van der Waals surface area contributed by atoms with Crippen LogP contribution in [0.2, 0.25) is 0 Å². The van der Waals surface area contributed by atoms with Crippen LogP contribution in [-0.4, -0.2) is 33.1 Å². The van der Waals surface area contributed by atoms with Crippen LogP contribution in [0, 0.1) is 29.6 Å². The van der Waals surface area contributed by atoms with Crippen molar-refractivity contribution in [1.82, 2.24) is 0 Å². The average Bonchev–Trinajstić information content (AvgIpc) is 3.10. The third-order valence-electron chi connectivity index (χ3n) is 8.23. The van der Waals surface area contributed by atoms with Crippen LogP contribution in [-0.2, 0) is 0 Å². The monoisotopic (exact) mass is 416 g/mol. The van der Waals surface area contributed by atoms with Crippen molar-refractivity contribution in [3.63, 3.8) is 0 Å². The molecule has 3 aliphatic rings. The van der Waals surface area contributed by atoms with Gasteiger partial charge in [0.1, 0.15) is 0 Å². The molecule has 170 valence electrons. The molecule has 7 atom stereocenters. The Labute approximate surface area is 184 Å². The fraction of sp³-hybridized carbons (Fsp3) is 0.778. The summed E-state index contributed by atoms with van der Waals surface area (Å²) in [4.78, 5) is 0. The molecular weight excluding hydrogens is 372 g/mol. The maximum absolute atomic E-state index is 10.1. The molecule has 3 nitrogen and oxygen atoms in total. The summed E-state index contributed by atoms with van der Waals surface area (Å²) >= 11 is 0. The molecule has 3 aliphatic carbocycles. The Morgan fingerprint density at radius 3 is 2.60 bits per heavy atom. The van der Waals surface area contributed by atoms with Gasteiger partial charge in [-0.1, -0.05) is 51.0 Å². The summed E-state index contributed by atoms with van der Waals surface area (Å²) in [6.45, 7) is 12.8. The zero-order valence-electron chi connectivity index (χ0n) is 19.6. The van der Waals surface area contributed by atoms with E-state index in [9.17, 15) is 15.3 Å². The van der Waals surface area contributed by atoms with E-state index in [2.05, 4.69) is 32.6 Å². The first kappa shape index (κ1) is 23.8. The third-order valence-corrected chi connectivity index (χ3v) is 8.23. The smallest absolute Gasteiger partial charge is 0.0811 e. The lowest BCUT2D eigenvalue weighted by molar-refractivity contribution is 0.0642. The molecule has 0 spiro atoms. The van der Waals surface area contributed by atoms with E-state index in [0.29, 0.717) is 24.7 Å². The van der Waals surface area contributed by atoms with Crippen LogP contribution in [0.1, 0.15) is 85.5 Å². The lowest BCUT2D eigenvalue weighted by Crippen LogP contribution is -2.31. The van der Waals surface area contributed by atoms with Gasteiger partial charge in [0, 0.05) is 6.42 Å². The van der Waals surface area contributed by atoms with E-state index in [1.165, 1.54) is 32.1 Å². The SMILES string of the molecule is C=C1/C(=C\C=C2/CC[C@@H](C)[C@@H]3[C@@H]([C@H](C)CCCC(C)(C)O)CC[C@H]23)C[C@@H](O)C[C@@H]1O. The maximum Gasteiger partial charge on any atom is 0.0811 e. The molecule has 3 N–H and O–H groups in total. The fourth-order valence-electron chi connectivity index (χ4n) is 6.49. The summed E-state index contributed by atoms with van der Waals surface area (Å²) in [5.41, 5.74) is 2.81. The molecule has 3 saturated carbocycles. The summed E-state index contributed by atoms with van der Waals surface area (Å²) in [6.07, 6.45) is 12.6. The van der Waals surface area contributed by atoms with Gasteiger partial charge in [0.2, 0.25) is 0 Å². The molecule has 0 aromatic heterocycles. The highest BCUT2D eigenvalue weighted by Crippen LogP contribution is 2.54. The Balaban J connectivity index is 1.68. The van der Waals surface area contributed by atoms with Crippen LogP contribution in [0.4, 0.5) is 0 Å². The number of allylic oxidation sites excluding steroid dienone is 3. The van der Waals surface area contributed by atoms with Crippen LogP contribution >= 0.6 is 0 Å². The van der Waals surface area contributed by atoms with Gasteiger partial charge in [0.25, 0.3) is 0 Å². The third kappa shape index (κ3) is 5.66. The van der Waals surface area contributed by atoms with Gasteiger partial charge in [0.15, 0.2) is 0 Å². The predicted molar refractivity (Wildman–Crippen MR) is 124 cm³/mol. The van der Waals surface area contributed by atoms with Gasteiger partial charge >= 0.3 is 0 Å². The molecule has 0 saturated heterocycles. The highest BCUT2D eigenvalue weighted by atomic mass is 16.3. The van der Waals surface area contributed by atoms with E-state index in [1.54, 1.807) is 5.57 Å². The van der Waals surface area contributed by atoms with Crippen LogP contribution in [0.15, 0.2) is 35.5 Å². The summed E-state index contributed by atoms with van der Waals surface area (Å²) in [5.74, 6) is 3.73. The number of hydrogen-bond acceptors (Lipinski definition) is 3. The maximum atomic E-state index is 10.1. The Morgan fingerprint density at radius 1 is 1.17 bits per heavy atom. The highest BCUT2D eigenvalue weighted by molar-refractivity contribution is 5.38. The van der Waals surface area contributed by atoms with Gasteiger partial charge in [-0.05, 0) is 93.1 Å². The molecule has 0 unspecified atom stereocenters. The van der Waals surface area contributed by atoms with Crippen molar-refractivity contribution in [2.75, 3.05) is 0 Å². The topological polar surface area (TPSA) is 60.7 Å². The molecule has 3 fully saturated rings. The molecule has 0 aliphatic heterocycles. The second-order valence-electron chi connectivity index (χ2n) is 11.2. The Bertz CT molecular complexity index is 668. The Hall–Kier alpha value is -0.900. The Kier molecular flexibility index (Phi) is 7.69. The van der Waals surface area contributed by atoms with Gasteiger partial charge < -0.3 is 15.3 Å². The number of rotatable bonds is 6. The van der Waals surface area contributed by atoms with Gasteiger partial charge in [-0.15, -0.1) is 0 Å². The summed E-state index contributed by atoms with van der Waals surface area (Å²) in [6, 6.07) is 0. The summed E-state index contributed by atoms with van der Waals surface area (Å²) < 4.78 is 0. The first-order valence-electron chi connectivity index (χ1n) is 12.2. The molecule has 0 amide bonds.